The third-order valence-corrected chi connectivity index (χ3v) is 4.33. The highest BCUT2D eigenvalue weighted by atomic mass is 35.5. The molecule has 2 heterocycles. The first kappa shape index (κ1) is 15.9. The van der Waals surface area contributed by atoms with Gasteiger partial charge in [-0.25, -0.2) is 0 Å². The van der Waals surface area contributed by atoms with Crippen LogP contribution in [0.4, 0.5) is 13.2 Å². The topological polar surface area (TPSA) is 21.7 Å². The molecule has 0 radical (unpaired) electrons. The Morgan fingerprint density at radius 3 is 2.91 bits per heavy atom. The Kier molecular flexibility index (Phi) is 4.52. The SMILES string of the molecule is FC(F)(F)[C@@H]1CCCN(Cc2cc(Cl)cc3c2OCOC3)C1. The second-order valence-corrected chi connectivity index (χ2v) is 6.22. The lowest BCUT2D eigenvalue weighted by Gasteiger charge is -2.34. The van der Waals surface area contributed by atoms with Crippen molar-refractivity contribution in [1.29, 1.82) is 0 Å². The zero-order valence-corrected chi connectivity index (χ0v) is 12.7. The molecule has 0 aliphatic carbocycles. The summed E-state index contributed by atoms with van der Waals surface area (Å²) in [6, 6.07) is 3.54. The molecule has 1 atom stereocenters. The van der Waals surface area contributed by atoms with Gasteiger partial charge in [0.15, 0.2) is 6.79 Å². The minimum absolute atomic E-state index is 0.0291. The van der Waals surface area contributed by atoms with Gasteiger partial charge in [0.1, 0.15) is 5.75 Å². The number of hydrogen-bond donors (Lipinski definition) is 0. The van der Waals surface area contributed by atoms with Crippen molar-refractivity contribution in [2.75, 3.05) is 19.9 Å². The van der Waals surface area contributed by atoms with Crippen LogP contribution in [0.25, 0.3) is 0 Å². The summed E-state index contributed by atoms with van der Waals surface area (Å²) in [5.74, 6) is -0.551. The lowest BCUT2D eigenvalue weighted by atomic mass is 9.96. The van der Waals surface area contributed by atoms with Crippen LogP contribution in [0.2, 0.25) is 5.02 Å². The van der Waals surface area contributed by atoms with E-state index in [9.17, 15) is 13.2 Å². The number of halogens is 4. The van der Waals surface area contributed by atoms with E-state index in [4.69, 9.17) is 21.1 Å². The fraction of sp³-hybridized carbons (Fsp3) is 0.600. The zero-order valence-electron chi connectivity index (χ0n) is 12.0. The van der Waals surface area contributed by atoms with Gasteiger partial charge in [0.2, 0.25) is 0 Å². The average molecular weight is 336 g/mol. The Balaban J connectivity index is 1.77. The molecule has 7 heteroatoms. The van der Waals surface area contributed by atoms with Crippen LogP contribution < -0.4 is 4.74 Å². The molecule has 1 aromatic carbocycles. The molecular formula is C15H17ClF3NO2. The smallest absolute Gasteiger partial charge is 0.393 e. The Morgan fingerprint density at radius 2 is 2.14 bits per heavy atom. The van der Waals surface area contributed by atoms with Gasteiger partial charge in [-0.15, -0.1) is 0 Å². The molecule has 0 bridgehead atoms. The van der Waals surface area contributed by atoms with Gasteiger partial charge < -0.3 is 9.47 Å². The van der Waals surface area contributed by atoms with Crippen molar-refractivity contribution in [3.8, 4) is 5.75 Å². The van der Waals surface area contributed by atoms with Crippen LogP contribution in [0.1, 0.15) is 24.0 Å². The molecule has 0 saturated carbocycles. The number of likely N-dealkylation sites (tertiary alicyclic amines) is 1. The summed E-state index contributed by atoms with van der Waals surface area (Å²) in [7, 11) is 0. The first-order valence-corrected chi connectivity index (χ1v) is 7.62. The normalized spacial score (nSPS) is 23.0. The fourth-order valence-corrected chi connectivity index (χ4v) is 3.34. The summed E-state index contributed by atoms with van der Waals surface area (Å²) in [6.45, 7) is 1.67. The summed E-state index contributed by atoms with van der Waals surface area (Å²) in [5.41, 5.74) is 1.67. The summed E-state index contributed by atoms with van der Waals surface area (Å²) in [6.07, 6.45) is -3.37. The Bertz CT molecular complexity index is 550. The predicted octanol–water partition coefficient (Wildman–Crippen LogP) is 3.98. The van der Waals surface area contributed by atoms with Crippen molar-refractivity contribution in [3.05, 3.63) is 28.3 Å². The van der Waals surface area contributed by atoms with Crippen LogP contribution in [0.5, 0.6) is 5.75 Å². The van der Waals surface area contributed by atoms with Gasteiger partial charge in [-0.3, -0.25) is 4.90 Å². The van der Waals surface area contributed by atoms with E-state index in [-0.39, 0.29) is 19.8 Å². The lowest BCUT2D eigenvalue weighted by Crippen LogP contribution is -2.41. The molecule has 0 unspecified atom stereocenters. The first-order valence-electron chi connectivity index (χ1n) is 7.24. The Labute approximate surface area is 131 Å². The van der Waals surface area contributed by atoms with Crippen molar-refractivity contribution in [1.82, 2.24) is 4.90 Å². The third-order valence-electron chi connectivity index (χ3n) is 4.11. The summed E-state index contributed by atoms with van der Waals surface area (Å²) in [4.78, 5) is 1.83. The monoisotopic (exact) mass is 335 g/mol. The lowest BCUT2D eigenvalue weighted by molar-refractivity contribution is -0.187. The summed E-state index contributed by atoms with van der Waals surface area (Å²) >= 11 is 6.09. The minimum Gasteiger partial charge on any atom is -0.467 e. The standard InChI is InChI=1S/C15H17ClF3NO2/c16-13-4-10(14-11(5-13)8-21-9-22-14)6-20-3-1-2-12(7-20)15(17,18)19/h4-5,12H,1-3,6-9H2/t12-/m1/s1. The van der Waals surface area contributed by atoms with Crippen molar-refractivity contribution < 1.29 is 22.6 Å². The van der Waals surface area contributed by atoms with E-state index in [0.29, 0.717) is 36.9 Å². The number of hydrogen-bond acceptors (Lipinski definition) is 3. The second-order valence-electron chi connectivity index (χ2n) is 5.78. The average Bonchev–Trinajstić information content (AvgIpc) is 2.46. The maximum atomic E-state index is 12.9. The maximum absolute atomic E-state index is 12.9. The van der Waals surface area contributed by atoms with Crippen molar-refractivity contribution in [3.63, 3.8) is 0 Å². The van der Waals surface area contributed by atoms with E-state index in [0.717, 1.165) is 11.1 Å². The number of ether oxygens (including phenoxy) is 2. The van der Waals surface area contributed by atoms with Crippen LogP contribution in [-0.4, -0.2) is 31.0 Å². The van der Waals surface area contributed by atoms with Gasteiger partial charge >= 0.3 is 6.18 Å². The number of fused-ring (bicyclic) bond motifs is 1. The van der Waals surface area contributed by atoms with Crippen molar-refractivity contribution >= 4 is 11.6 Å². The maximum Gasteiger partial charge on any atom is 0.393 e. The molecule has 1 saturated heterocycles. The predicted molar refractivity (Wildman–Crippen MR) is 75.8 cm³/mol. The van der Waals surface area contributed by atoms with Crippen molar-refractivity contribution in [2.24, 2.45) is 5.92 Å². The van der Waals surface area contributed by atoms with Gasteiger partial charge in [-0.05, 0) is 31.5 Å². The molecule has 22 heavy (non-hydrogen) atoms. The van der Waals surface area contributed by atoms with E-state index in [1.807, 2.05) is 4.90 Å². The number of alkyl halides is 3. The number of nitrogens with zero attached hydrogens (tertiary/aromatic N) is 1. The van der Waals surface area contributed by atoms with E-state index in [1.165, 1.54) is 0 Å². The molecule has 1 fully saturated rings. The molecule has 2 aliphatic heterocycles. The Hall–Kier alpha value is -0.980. The summed E-state index contributed by atoms with van der Waals surface area (Å²) < 4.78 is 49.4. The van der Waals surface area contributed by atoms with E-state index < -0.39 is 12.1 Å². The molecule has 122 valence electrons. The highest BCUT2D eigenvalue weighted by Gasteiger charge is 2.41. The van der Waals surface area contributed by atoms with Gasteiger partial charge in [0, 0.05) is 29.2 Å². The quantitative estimate of drug-likeness (QED) is 0.816. The first-order chi connectivity index (χ1) is 10.4. The number of piperidine rings is 1. The molecule has 3 nitrogen and oxygen atoms in total. The molecule has 3 rings (SSSR count). The molecule has 0 amide bonds. The molecule has 0 spiro atoms. The molecule has 0 aromatic heterocycles. The summed E-state index contributed by atoms with van der Waals surface area (Å²) in [5, 5.41) is 0.548. The van der Waals surface area contributed by atoms with Gasteiger partial charge in [0.25, 0.3) is 0 Å². The second kappa shape index (κ2) is 6.26. The van der Waals surface area contributed by atoms with E-state index in [1.54, 1.807) is 12.1 Å². The van der Waals surface area contributed by atoms with Crippen LogP contribution in [0, 0.1) is 5.92 Å². The van der Waals surface area contributed by atoms with Crippen LogP contribution in [0.3, 0.4) is 0 Å². The van der Waals surface area contributed by atoms with Gasteiger partial charge in [0.05, 0.1) is 12.5 Å². The fourth-order valence-electron chi connectivity index (χ4n) is 3.08. The molecule has 2 aliphatic rings. The van der Waals surface area contributed by atoms with Gasteiger partial charge in [-0.1, -0.05) is 11.6 Å². The number of rotatable bonds is 2. The minimum atomic E-state index is -4.13. The van der Waals surface area contributed by atoms with E-state index >= 15 is 0 Å². The molecule has 1 aromatic rings. The highest BCUT2D eigenvalue weighted by Crippen LogP contribution is 2.36. The zero-order chi connectivity index (χ0) is 15.7. The molecular weight excluding hydrogens is 319 g/mol. The Morgan fingerprint density at radius 1 is 1.32 bits per heavy atom. The van der Waals surface area contributed by atoms with Crippen LogP contribution in [-0.2, 0) is 17.9 Å². The van der Waals surface area contributed by atoms with E-state index in [2.05, 4.69) is 0 Å². The number of benzene rings is 1. The van der Waals surface area contributed by atoms with Crippen LogP contribution in [0.15, 0.2) is 12.1 Å². The van der Waals surface area contributed by atoms with Crippen molar-refractivity contribution in [2.45, 2.75) is 32.2 Å². The van der Waals surface area contributed by atoms with Crippen LogP contribution >= 0.6 is 11.6 Å². The highest BCUT2D eigenvalue weighted by molar-refractivity contribution is 6.30. The largest absolute Gasteiger partial charge is 0.467 e. The van der Waals surface area contributed by atoms with Gasteiger partial charge in [-0.2, -0.15) is 13.2 Å². The third kappa shape index (κ3) is 3.50. The molecule has 0 N–H and O–H groups in total.